The zero-order valence-corrected chi connectivity index (χ0v) is 24.4. The predicted octanol–water partition coefficient (Wildman–Crippen LogP) is 6.45. The Morgan fingerprint density at radius 2 is 1.70 bits per heavy atom. The summed E-state index contributed by atoms with van der Waals surface area (Å²) in [5, 5.41) is 3.43. The van der Waals surface area contributed by atoms with Gasteiger partial charge in [0, 0.05) is 44.2 Å². The van der Waals surface area contributed by atoms with Gasteiger partial charge in [0.1, 0.15) is 16.8 Å². The highest BCUT2D eigenvalue weighted by molar-refractivity contribution is 7.99. The van der Waals surface area contributed by atoms with Crippen molar-refractivity contribution in [3.8, 4) is 5.75 Å². The van der Waals surface area contributed by atoms with Gasteiger partial charge in [-0.25, -0.2) is 4.98 Å². The highest BCUT2D eigenvalue weighted by Gasteiger charge is 2.34. The van der Waals surface area contributed by atoms with Crippen molar-refractivity contribution in [1.82, 2.24) is 14.8 Å². The Kier molecular flexibility index (Phi) is 9.68. The monoisotopic (exact) mass is 578 g/mol. The van der Waals surface area contributed by atoms with Crippen LogP contribution in [0.2, 0.25) is 0 Å². The Labute approximate surface area is 237 Å². The Morgan fingerprint density at radius 1 is 1.07 bits per heavy atom. The fourth-order valence-corrected chi connectivity index (χ4v) is 5.69. The summed E-state index contributed by atoms with van der Waals surface area (Å²) in [5.74, 6) is 1.85. The number of halogens is 3. The number of thioether (sulfide) groups is 1. The molecule has 0 radical (unpaired) electrons. The Morgan fingerprint density at radius 3 is 2.27 bits per heavy atom. The average molecular weight is 579 g/mol. The first-order valence-electron chi connectivity index (χ1n) is 13.5. The lowest BCUT2D eigenvalue weighted by atomic mass is 9.92. The minimum absolute atomic E-state index is 0.0350. The number of para-hydroxylation sites is 1. The van der Waals surface area contributed by atoms with Crippen LogP contribution in [0.4, 0.5) is 18.9 Å². The number of hydrogen-bond donors (Lipinski definition) is 1. The first-order valence-corrected chi connectivity index (χ1v) is 14.5. The predicted molar refractivity (Wildman–Crippen MR) is 152 cm³/mol. The van der Waals surface area contributed by atoms with Crippen LogP contribution in [0.1, 0.15) is 56.2 Å². The van der Waals surface area contributed by atoms with E-state index in [2.05, 4.69) is 47.8 Å². The first kappa shape index (κ1) is 30.2. The standard InChI is InChI=1S/C29H37F3N4O3S/c1-18(2)21-15-20(38-5)16-22(19(3)4)26(21)34-25(37)17-36-11-9-35(10-12-36)13-14-40-28-33-24-8-6-7-23(27(24)39-28)29(30,31)32/h6-8,15-16,18-19H,9-14,17H2,1-5H3,(H,34,37). The Hall–Kier alpha value is -2.76. The van der Waals surface area contributed by atoms with Crippen LogP contribution in [0.5, 0.6) is 5.75 Å². The number of alkyl halides is 3. The van der Waals surface area contributed by atoms with Gasteiger partial charge in [-0.15, -0.1) is 0 Å². The Balaban J connectivity index is 1.27. The van der Waals surface area contributed by atoms with Gasteiger partial charge < -0.3 is 14.5 Å². The number of ether oxygens (including phenoxy) is 1. The zero-order chi connectivity index (χ0) is 29.0. The first-order chi connectivity index (χ1) is 19.0. The van der Waals surface area contributed by atoms with Crippen LogP contribution in [-0.4, -0.2) is 72.8 Å². The number of nitrogens with zero attached hydrogens (tertiary/aromatic N) is 3. The van der Waals surface area contributed by atoms with Crippen molar-refractivity contribution in [3.63, 3.8) is 0 Å². The molecule has 1 N–H and O–H groups in total. The van der Waals surface area contributed by atoms with E-state index in [1.165, 1.54) is 23.9 Å². The Bertz CT molecular complexity index is 1290. The molecule has 1 aliphatic rings. The number of anilines is 1. The topological polar surface area (TPSA) is 70.8 Å². The minimum atomic E-state index is -4.49. The molecule has 0 aliphatic carbocycles. The van der Waals surface area contributed by atoms with Crippen LogP contribution >= 0.6 is 11.8 Å². The molecule has 1 saturated heterocycles. The molecule has 7 nitrogen and oxygen atoms in total. The summed E-state index contributed by atoms with van der Waals surface area (Å²) in [5.41, 5.74) is 2.19. The largest absolute Gasteiger partial charge is 0.497 e. The molecule has 0 spiro atoms. The van der Waals surface area contributed by atoms with E-state index < -0.39 is 11.7 Å². The van der Waals surface area contributed by atoms with Crippen molar-refractivity contribution in [1.29, 1.82) is 0 Å². The lowest BCUT2D eigenvalue weighted by molar-refractivity contribution is -0.136. The molecule has 40 heavy (non-hydrogen) atoms. The fraction of sp³-hybridized carbons (Fsp3) is 0.517. The van der Waals surface area contributed by atoms with Crippen LogP contribution in [-0.2, 0) is 11.0 Å². The highest BCUT2D eigenvalue weighted by atomic mass is 32.2. The second kappa shape index (κ2) is 12.8. The number of oxazole rings is 1. The summed E-state index contributed by atoms with van der Waals surface area (Å²) in [7, 11) is 1.66. The van der Waals surface area contributed by atoms with Gasteiger partial charge in [0.25, 0.3) is 5.22 Å². The van der Waals surface area contributed by atoms with E-state index in [4.69, 9.17) is 9.15 Å². The maximum Gasteiger partial charge on any atom is 0.420 e. The van der Waals surface area contributed by atoms with Gasteiger partial charge in [-0.05, 0) is 47.2 Å². The second-order valence-corrected chi connectivity index (χ2v) is 11.7. The summed E-state index contributed by atoms with van der Waals surface area (Å²) < 4.78 is 50.6. The van der Waals surface area contributed by atoms with Crippen molar-refractivity contribution >= 4 is 34.5 Å². The fourth-order valence-electron chi connectivity index (χ4n) is 4.86. The molecule has 2 heterocycles. The molecule has 3 aromatic rings. The van der Waals surface area contributed by atoms with Gasteiger partial charge in [0.2, 0.25) is 5.91 Å². The molecule has 0 saturated carbocycles. The maximum atomic E-state index is 13.2. The maximum absolute atomic E-state index is 13.2. The molecule has 1 amide bonds. The number of hydrogen-bond acceptors (Lipinski definition) is 7. The molecule has 0 bridgehead atoms. The number of fused-ring (bicyclic) bond motifs is 1. The molecule has 218 valence electrons. The van der Waals surface area contributed by atoms with Gasteiger partial charge in [-0.3, -0.25) is 14.6 Å². The molecular weight excluding hydrogens is 541 g/mol. The summed E-state index contributed by atoms with van der Waals surface area (Å²) >= 11 is 1.31. The zero-order valence-electron chi connectivity index (χ0n) is 23.6. The van der Waals surface area contributed by atoms with Gasteiger partial charge in [-0.1, -0.05) is 45.5 Å². The van der Waals surface area contributed by atoms with Gasteiger partial charge >= 0.3 is 6.18 Å². The van der Waals surface area contributed by atoms with E-state index in [0.717, 1.165) is 61.4 Å². The second-order valence-electron chi connectivity index (χ2n) is 10.6. The number of piperazine rings is 1. The lowest BCUT2D eigenvalue weighted by Crippen LogP contribution is -2.49. The number of aromatic nitrogens is 1. The number of methoxy groups -OCH3 is 1. The molecular formula is C29H37F3N4O3S. The third-order valence-electron chi connectivity index (χ3n) is 7.08. The van der Waals surface area contributed by atoms with Crippen molar-refractivity contribution in [3.05, 3.63) is 47.0 Å². The smallest absolute Gasteiger partial charge is 0.420 e. The van der Waals surface area contributed by atoms with E-state index in [1.54, 1.807) is 7.11 Å². The third kappa shape index (κ3) is 7.30. The molecule has 4 rings (SSSR count). The molecule has 0 atom stereocenters. The summed E-state index contributed by atoms with van der Waals surface area (Å²) in [6, 6.07) is 7.87. The van der Waals surface area contributed by atoms with E-state index >= 15 is 0 Å². The van der Waals surface area contributed by atoms with Gasteiger partial charge in [-0.2, -0.15) is 13.2 Å². The van der Waals surface area contributed by atoms with Gasteiger partial charge in [0.05, 0.1) is 13.7 Å². The van der Waals surface area contributed by atoms with Crippen LogP contribution in [0.25, 0.3) is 11.1 Å². The third-order valence-corrected chi connectivity index (χ3v) is 7.89. The van der Waals surface area contributed by atoms with E-state index in [-0.39, 0.29) is 34.1 Å². The molecule has 1 aromatic heterocycles. The number of rotatable bonds is 10. The summed E-state index contributed by atoms with van der Waals surface area (Å²) in [6.07, 6.45) is -4.49. The molecule has 1 aliphatic heterocycles. The quantitative estimate of drug-likeness (QED) is 0.277. The van der Waals surface area contributed by atoms with Gasteiger partial charge in [0.15, 0.2) is 5.58 Å². The number of nitrogens with one attached hydrogen (secondary N) is 1. The average Bonchev–Trinajstić information content (AvgIpc) is 3.31. The SMILES string of the molecule is COc1cc(C(C)C)c(NC(=O)CN2CCN(CCSc3nc4cccc(C(F)(F)F)c4o3)CC2)c(C(C)C)c1. The van der Waals surface area contributed by atoms with E-state index in [9.17, 15) is 18.0 Å². The van der Waals surface area contributed by atoms with Crippen molar-refractivity contribution in [2.45, 2.75) is 50.9 Å². The highest BCUT2D eigenvalue weighted by Crippen LogP contribution is 2.37. The summed E-state index contributed by atoms with van der Waals surface area (Å²) in [6.45, 7) is 12.6. The van der Waals surface area contributed by atoms with E-state index in [1.807, 2.05) is 12.1 Å². The van der Waals surface area contributed by atoms with Crippen LogP contribution < -0.4 is 10.1 Å². The number of carbonyl (C=O) groups is 1. The summed E-state index contributed by atoms with van der Waals surface area (Å²) in [4.78, 5) is 21.7. The van der Waals surface area contributed by atoms with Crippen molar-refractivity contribution in [2.75, 3.05) is 57.4 Å². The van der Waals surface area contributed by atoms with Crippen LogP contribution in [0.15, 0.2) is 40.0 Å². The molecule has 11 heteroatoms. The number of carbonyl (C=O) groups excluding carboxylic acids is 1. The lowest BCUT2D eigenvalue weighted by Gasteiger charge is -2.34. The minimum Gasteiger partial charge on any atom is -0.497 e. The van der Waals surface area contributed by atoms with Crippen LogP contribution in [0.3, 0.4) is 0 Å². The normalized spacial score (nSPS) is 15.3. The number of benzene rings is 2. The van der Waals surface area contributed by atoms with Crippen molar-refractivity contribution in [2.24, 2.45) is 0 Å². The molecule has 2 aromatic carbocycles. The van der Waals surface area contributed by atoms with Crippen LogP contribution in [0, 0.1) is 0 Å². The molecule has 0 unspecified atom stereocenters. The van der Waals surface area contributed by atoms with Crippen molar-refractivity contribution < 1.29 is 27.1 Å². The number of amides is 1. The molecule has 1 fully saturated rings. The van der Waals surface area contributed by atoms with E-state index in [0.29, 0.717) is 12.3 Å².